The molecule has 1 rings (SSSR count). The van der Waals surface area contributed by atoms with Crippen molar-refractivity contribution in [3.8, 4) is 0 Å². The Bertz CT molecular complexity index is 146. The topological polar surface area (TPSA) is 0 Å². The zero-order valence-electron chi connectivity index (χ0n) is 7.22. The van der Waals surface area contributed by atoms with E-state index in [1.807, 2.05) is 0 Å². The van der Waals surface area contributed by atoms with E-state index in [1.54, 1.807) is 0 Å². The van der Waals surface area contributed by atoms with E-state index in [0.717, 1.165) is 6.42 Å². The number of rotatable bonds is 0. The van der Waals surface area contributed by atoms with Crippen LogP contribution in [-0.4, -0.2) is 0 Å². The third kappa shape index (κ3) is 4.58. The average molecular weight is 330 g/mol. The zero-order chi connectivity index (χ0) is 7.40. The second-order valence-electron chi connectivity index (χ2n) is 3.05. The molecule has 0 nitrogen and oxygen atoms in total. The quantitative estimate of drug-likeness (QED) is 0.472. The van der Waals surface area contributed by atoms with Crippen molar-refractivity contribution in [2.45, 2.75) is 39.5 Å². The molecular weight excluding hydrogens is 315 g/mol. The van der Waals surface area contributed by atoms with Gasteiger partial charge in [0.15, 0.2) is 0 Å². The molecule has 0 aromatic carbocycles. The van der Waals surface area contributed by atoms with Crippen LogP contribution in [0.1, 0.15) is 39.5 Å². The Morgan fingerprint density at radius 2 is 2.00 bits per heavy atom. The molecule has 66 valence electrons. The summed E-state index contributed by atoms with van der Waals surface area (Å²) >= 11 is 0. The molecule has 0 N–H and O–H groups in total. The van der Waals surface area contributed by atoms with Crippen LogP contribution in [0.5, 0.6) is 0 Å². The van der Waals surface area contributed by atoms with E-state index >= 15 is 0 Å². The number of allylic oxidation sites excluding steroid dienone is 4. The molecule has 0 aromatic heterocycles. The first-order chi connectivity index (χ1) is 4.79. The Labute approximate surface area is 84.0 Å². The van der Waals surface area contributed by atoms with Crippen molar-refractivity contribution in [3.63, 3.8) is 0 Å². The fourth-order valence-corrected chi connectivity index (χ4v) is 1.20. The van der Waals surface area contributed by atoms with E-state index in [9.17, 15) is 0 Å². The van der Waals surface area contributed by atoms with Crippen LogP contribution in [0.2, 0.25) is 0 Å². The summed E-state index contributed by atoms with van der Waals surface area (Å²) in [5.74, 6) is 0. The minimum absolute atomic E-state index is 0. The molecule has 0 saturated carbocycles. The summed E-state index contributed by atoms with van der Waals surface area (Å²) in [4.78, 5) is 0. The van der Waals surface area contributed by atoms with E-state index in [1.165, 1.54) is 30.4 Å². The normalized spacial score (nSPS) is 18.7. The summed E-state index contributed by atoms with van der Waals surface area (Å²) in [5, 5.41) is 0. The minimum Gasteiger partial charge on any atom is -0.497 e. The van der Waals surface area contributed by atoms with Crippen molar-refractivity contribution < 1.29 is 21.1 Å². The molecule has 0 saturated heterocycles. The fraction of sp³-hybridized carbons (Fsp3) is 0.600. The second-order valence-corrected chi connectivity index (χ2v) is 3.05. The Morgan fingerprint density at radius 1 is 1.27 bits per heavy atom. The van der Waals surface area contributed by atoms with E-state index in [0.29, 0.717) is 0 Å². The maximum Gasteiger partial charge on any atom is 0 e. The molecule has 0 bridgehead atoms. The van der Waals surface area contributed by atoms with Crippen molar-refractivity contribution in [2.24, 2.45) is 0 Å². The molecule has 0 unspecified atom stereocenters. The molecule has 1 heteroatoms. The van der Waals surface area contributed by atoms with Crippen molar-refractivity contribution in [3.05, 3.63) is 23.3 Å². The standard InChI is InChI=1S/C10H15.Pt/c1-9-5-3-7-10(2)8-4-6-9;/h5H,3-4,6-7H2,1-2H3;/q-1;. The van der Waals surface area contributed by atoms with Gasteiger partial charge >= 0.3 is 0 Å². The molecule has 0 radical (unpaired) electrons. The second kappa shape index (κ2) is 5.77. The van der Waals surface area contributed by atoms with Crippen LogP contribution >= 0.6 is 0 Å². The van der Waals surface area contributed by atoms with Gasteiger partial charge in [-0.05, 0) is 13.3 Å². The van der Waals surface area contributed by atoms with Crippen LogP contribution in [0.3, 0.4) is 0 Å². The molecule has 1 aliphatic carbocycles. The van der Waals surface area contributed by atoms with Crippen LogP contribution in [0.25, 0.3) is 0 Å². The first-order valence-corrected chi connectivity index (χ1v) is 4.01. The first-order valence-electron chi connectivity index (χ1n) is 4.01. The largest absolute Gasteiger partial charge is 0.497 e. The molecule has 0 spiro atoms. The Hall–Kier alpha value is 0.168. The first kappa shape index (κ1) is 11.2. The Kier molecular flexibility index (Phi) is 5.86. The summed E-state index contributed by atoms with van der Waals surface area (Å²) < 4.78 is 0. The SMILES string of the molecule is CC1=[C-]CCC(C)=CCC1.[Pt]. The number of hydrogen-bond donors (Lipinski definition) is 0. The summed E-state index contributed by atoms with van der Waals surface area (Å²) in [6.45, 7) is 4.39. The summed E-state index contributed by atoms with van der Waals surface area (Å²) in [6.07, 6.45) is 10.5. The fourth-order valence-electron chi connectivity index (χ4n) is 1.20. The summed E-state index contributed by atoms with van der Waals surface area (Å²) in [7, 11) is 0. The van der Waals surface area contributed by atoms with Crippen LogP contribution in [0, 0.1) is 6.08 Å². The third-order valence-electron chi connectivity index (χ3n) is 1.96. The molecular formula is C10H15Pt-. The van der Waals surface area contributed by atoms with Gasteiger partial charge in [-0.1, -0.05) is 31.4 Å². The number of hydrogen-bond acceptors (Lipinski definition) is 0. The Balaban J connectivity index is 0.000001000. The molecule has 0 aliphatic heterocycles. The molecule has 11 heavy (non-hydrogen) atoms. The molecule has 1 aliphatic rings. The van der Waals surface area contributed by atoms with Gasteiger partial charge in [-0.3, -0.25) is 5.57 Å². The smallest absolute Gasteiger partial charge is 0 e. The van der Waals surface area contributed by atoms with Crippen LogP contribution in [0.4, 0.5) is 0 Å². The van der Waals surface area contributed by atoms with Gasteiger partial charge in [-0.25, -0.2) is 0 Å². The van der Waals surface area contributed by atoms with E-state index in [-0.39, 0.29) is 21.1 Å². The van der Waals surface area contributed by atoms with E-state index < -0.39 is 0 Å². The van der Waals surface area contributed by atoms with Crippen LogP contribution in [-0.2, 0) is 21.1 Å². The predicted octanol–water partition coefficient (Wildman–Crippen LogP) is 3.25. The predicted molar refractivity (Wildman–Crippen MR) is 44.7 cm³/mol. The van der Waals surface area contributed by atoms with Crippen molar-refractivity contribution in [1.82, 2.24) is 0 Å². The molecule has 0 heterocycles. The maximum atomic E-state index is 3.39. The maximum absolute atomic E-state index is 3.39. The Morgan fingerprint density at radius 3 is 2.73 bits per heavy atom. The molecule has 0 atom stereocenters. The van der Waals surface area contributed by atoms with Crippen molar-refractivity contribution in [2.75, 3.05) is 0 Å². The van der Waals surface area contributed by atoms with Gasteiger partial charge in [0.2, 0.25) is 0 Å². The van der Waals surface area contributed by atoms with Crippen molar-refractivity contribution in [1.29, 1.82) is 0 Å². The summed E-state index contributed by atoms with van der Waals surface area (Å²) in [6, 6.07) is 0. The van der Waals surface area contributed by atoms with Gasteiger partial charge in [-0.2, -0.15) is 6.42 Å². The van der Waals surface area contributed by atoms with Gasteiger partial charge in [-0.15, -0.1) is 0 Å². The van der Waals surface area contributed by atoms with Gasteiger partial charge < -0.3 is 6.08 Å². The van der Waals surface area contributed by atoms with Gasteiger partial charge in [0.05, 0.1) is 0 Å². The van der Waals surface area contributed by atoms with E-state index in [4.69, 9.17) is 0 Å². The monoisotopic (exact) mass is 330 g/mol. The molecule has 0 fully saturated rings. The van der Waals surface area contributed by atoms with E-state index in [2.05, 4.69) is 26.0 Å². The zero-order valence-corrected chi connectivity index (χ0v) is 9.49. The van der Waals surface area contributed by atoms with Crippen molar-refractivity contribution >= 4 is 0 Å². The molecule has 0 aromatic rings. The third-order valence-corrected chi connectivity index (χ3v) is 1.96. The van der Waals surface area contributed by atoms with Crippen LogP contribution in [0.15, 0.2) is 17.2 Å². The van der Waals surface area contributed by atoms with Crippen LogP contribution < -0.4 is 0 Å². The minimum atomic E-state index is 0. The van der Waals surface area contributed by atoms with Gasteiger partial charge in [0.25, 0.3) is 0 Å². The van der Waals surface area contributed by atoms with Gasteiger partial charge in [0.1, 0.15) is 0 Å². The summed E-state index contributed by atoms with van der Waals surface area (Å²) in [5.41, 5.74) is 2.96. The molecule has 0 amide bonds. The van der Waals surface area contributed by atoms with Gasteiger partial charge in [0, 0.05) is 21.1 Å². The average Bonchev–Trinajstić information content (AvgIpc) is 1.84.